The molecule has 0 atom stereocenters. The summed E-state index contributed by atoms with van der Waals surface area (Å²) >= 11 is 0. The van der Waals surface area contributed by atoms with Crippen LogP contribution < -0.4 is 10.5 Å². The van der Waals surface area contributed by atoms with E-state index in [4.69, 9.17) is 10.5 Å². The standard InChI is InChI=1S/C18H16FN5O3/c1-12-10-23(18(20)22-12)21-9-14-8-16(24(25)26)5-6-17(14)27-11-13-3-2-4-15(19)7-13/h2-10H,11H2,1H3,(H2,20,22). The Labute approximate surface area is 153 Å². The number of rotatable bonds is 6. The van der Waals surface area contributed by atoms with Gasteiger partial charge in [-0.25, -0.2) is 14.1 Å². The van der Waals surface area contributed by atoms with Crippen molar-refractivity contribution in [3.63, 3.8) is 0 Å². The Hall–Kier alpha value is -3.75. The first-order valence-electron chi connectivity index (χ1n) is 7.94. The highest BCUT2D eigenvalue weighted by Crippen LogP contribution is 2.24. The predicted molar refractivity (Wildman–Crippen MR) is 98.2 cm³/mol. The van der Waals surface area contributed by atoms with Crippen molar-refractivity contribution in [2.24, 2.45) is 5.10 Å². The Morgan fingerprint density at radius 3 is 2.85 bits per heavy atom. The molecule has 138 valence electrons. The quantitative estimate of drug-likeness (QED) is 0.407. The zero-order chi connectivity index (χ0) is 19.4. The lowest BCUT2D eigenvalue weighted by atomic mass is 10.2. The number of halogens is 1. The molecule has 0 saturated heterocycles. The van der Waals surface area contributed by atoms with Crippen LogP contribution in [0.1, 0.15) is 16.8 Å². The van der Waals surface area contributed by atoms with Crippen LogP contribution >= 0.6 is 0 Å². The smallest absolute Gasteiger partial charge is 0.270 e. The van der Waals surface area contributed by atoms with Gasteiger partial charge in [0.05, 0.1) is 23.0 Å². The summed E-state index contributed by atoms with van der Waals surface area (Å²) in [7, 11) is 0. The number of non-ortho nitro benzene ring substituents is 1. The van der Waals surface area contributed by atoms with Crippen LogP contribution in [0.2, 0.25) is 0 Å². The SMILES string of the molecule is Cc1cn(N=Cc2cc([N+](=O)[O-])ccc2OCc2cccc(F)c2)c(N)n1. The van der Waals surface area contributed by atoms with Crippen molar-refractivity contribution in [1.82, 2.24) is 9.66 Å². The molecule has 27 heavy (non-hydrogen) atoms. The fourth-order valence-electron chi connectivity index (χ4n) is 2.39. The van der Waals surface area contributed by atoms with Gasteiger partial charge in [-0.1, -0.05) is 12.1 Å². The molecular formula is C18H16FN5O3. The minimum absolute atomic E-state index is 0.0999. The molecule has 0 aliphatic carbocycles. The van der Waals surface area contributed by atoms with Crippen LogP contribution in [0.4, 0.5) is 16.0 Å². The second-order valence-electron chi connectivity index (χ2n) is 5.73. The molecule has 3 rings (SSSR count). The number of nitro groups is 1. The second kappa shape index (κ2) is 7.65. The number of hydrogen-bond donors (Lipinski definition) is 1. The summed E-state index contributed by atoms with van der Waals surface area (Å²) in [5.74, 6) is 0.188. The van der Waals surface area contributed by atoms with Crippen molar-refractivity contribution in [2.45, 2.75) is 13.5 Å². The summed E-state index contributed by atoms with van der Waals surface area (Å²) in [5, 5.41) is 15.2. The fraction of sp³-hybridized carbons (Fsp3) is 0.111. The maximum absolute atomic E-state index is 13.3. The maximum atomic E-state index is 13.3. The lowest BCUT2D eigenvalue weighted by Crippen LogP contribution is -2.01. The normalized spacial score (nSPS) is 11.0. The molecule has 0 aliphatic heterocycles. The summed E-state index contributed by atoms with van der Waals surface area (Å²) in [5.41, 5.74) is 7.32. The number of aryl methyl sites for hydroxylation is 1. The van der Waals surface area contributed by atoms with Crippen LogP contribution in [0.5, 0.6) is 5.75 Å². The number of nitrogens with zero attached hydrogens (tertiary/aromatic N) is 4. The van der Waals surface area contributed by atoms with Gasteiger partial charge in [0.1, 0.15) is 18.2 Å². The number of nitro benzene ring substituents is 1. The van der Waals surface area contributed by atoms with Gasteiger partial charge < -0.3 is 10.5 Å². The fourth-order valence-corrected chi connectivity index (χ4v) is 2.39. The third-order valence-corrected chi connectivity index (χ3v) is 3.64. The summed E-state index contributed by atoms with van der Waals surface area (Å²) in [4.78, 5) is 14.6. The number of ether oxygens (including phenoxy) is 1. The van der Waals surface area contributed by atoms with E-state index in [-0.39, 0.29) is 24.1 Å². The van der Waals surface area contributed by atoms with Crippen LogP contribution in [0.25, 0.3) is 0 Å². The molecule has 2 aromatic carbocycles. The number of nitrogens with two attached hydrogens (primary N) is 1. The summed E-state index contributed by atoms with van der Waals surface area (Å²) < 4.78 is 20.3. The molecule has 1 heterocycles. The summed E-state index contributed by atoms with van der Waals surface area (Å²) in [6.07, 6.45) is 3.02. The van der Waals surface area contributed by atoms with E-state index >= 15 is 0 Å². The van der Waals surface area contributed by atoms with E-state index in [9.17, 15) is 14.5 Å². The van der Waals surface area contributed by atoms with Crippen LogP contribution in [-0.2, 0) is 6.61 Å². The topological polar surface area (TPSA) is 109 Å². The molecule has 3 aromatic rings. The monoisotopic (exact) mass is 369 g/mol. The molecule has 0 amide bonds. The van der Waals surface area contributed by atoms with Gasteiger partial charge in [-0.15, -0.1) is 0 Å². The van der Waals surface area contributed by atoms with E-state index < -0.39 is 4.92 Å². The molecular weight excluding hydrogens is 353 g/mol. The number of aromatic nitrogens is 2. The molecule has 0 fully saturated rings. The average molecular weight is 369 g/mol. The minimum atomic E-state index is -0.510. The van der Waals surface area contributed by atoms with Gasteiger partial charge in [0.15, 0.2) is 0 Å². The van der Waals surface area contributed by atoms with E-state index in [2.05, 4.69) is 10.1 Å². The summed E-state index contributed by atoms with van der Waals surface area (Å²) in [6.45, 7) is 1.87. The number of imidazole rings is 1. The first-order valence-corrected chi connectivity index (χ1v) is 7.94. The number of nitrogen functional groups attached to an aromatic ring is 1. The minimum Gasteiger partial charge on any atom is -0.488 e. The number of hydrogen-bond acceptors (Lipinski definition) is 6. The number of anilines is 1. The van der Waals surface area contributed by atoms with Crippen molar-refractivity contribution in [3.8, 4) is 5.75 Å². The number of benzene rings is 2. The molecule has 2 N–H and O–H groups in total. The van der Waals surface area contributed by atoms with E-state index in [1.54, 1.807) is 25.3 Å². The Bertz CT molecular complexity index is 1020. The van der Waals surface area contributed by atoms with Crippen LogP contribution in [0, 0.1) is 22.9 Å². The summed E-state index contributed by atoms with van der Waals surface area (Å²) in [6, 6.07) is 10.1. The van der Waals surface area contributed by atoms with Gasteiger partial charge in [0, 0.05) is 17.7 Å². The average Bonchev–Trinajstić information content (AvgIpc) is 2.95. The van der Waals surface area contributed by atoms with Crippen LogP contribution in [0.15, 0.2) is 53.8 Å². The highest BCUT2D eigenvalue weighted by Gasteiger charge is 2.11. The van der Waals surface area contributed by atoms with E-state index in [0.29, 0.717) is 22.6 Å². The highest BCUT2D eigenvalue weighted by molar-refractivity contribution is 5.84. The van der Waals surface area contributed by atoms with Crippen molar-refractivity contribution >= 4 is 17.9 Å². The molecule has 0 spiro atoms. The molecule has 0 saturated carbocycles. The van der Waals surface area contributed by atoms with Crippen LogP contribution in [-0.4, -0.2) is 20.8 Å². The van der Waals surface area contributed by atoms with Gasteiger partial charge >= 0.3 is 0 Å². The van der Waals surface area contributed by atoms with Crippen molar-refractivity contribution in [2.75, 3.05) is 5.73 Å². The van der Waals surface area contributed by atoms with E-state index in [1.807, 2.05) is 0 Å². The van der Waals surface area contributed by atoms with Gasteiger partial charge in [-0.3, -0.25) is 10.1 Å². The first kappa shape index (κ1) is 18.1. The van der Waals surface area contributed by atoms with Crippen molar-refractivity contribution < 1.29 is 14.1 Å². The lowest BCUT2D eigenvalue weighted by molar-refractivity contribution is -0.384. The maximum Gasteiger partial charge on any atom is 0.270 e. The zero-order valence-corrected chi connectivity index (χ0v) is 14.4. The zero-order valence-electron chi connectivity index (χ0n) is 14.4. The molecule has 8 nitrogen and oxygen atoms in total. The largest absolute Gasteiger partial charge is 0.488 e. The Balaban J connectivity index is 1.88. The third-order valence-electron chi connectivity index (χ3n) is 3.64. The molecule has 1 aromatic heterocycles. The Morgan fingerprint density at radius 2 is 2.19 bits per heavy atom. The second-order valence-corrected chi connectivity index (χ2v) is 5.73. The molecule has 0 unspecified atom stereocenters. The molecule has 0 radical (unpaired) electrons. The van der Waals surface area contributed by atoms with E-state index in [1.165, 1.54) is 41.2 Å². The van der Waals surface area contributed by atoms with Gasteiger partial charge in [-0.05, 0) is 30.7 Å². The van der Waals surface area contributed by atoms with Crippen molar-refractivity contribution in [1.29, 1.82) is 0 Å². The molecule has 0 aliphatic rings. The lowest BCUT2D eigenvalue weighted by Gasteiger charge is -2.09. The third kappa shape index (κ3) is 4.46. The van der Waals surface area contributed by atoms with Gasteiger partial charge in [0.25, 0.3) is 5.69 Å². The van der Waals surface area contributed by atoms with Crippen molar-refractivity contribution in [3.05, 3.63) is 81.4 Å². The van der Waals surface area contributed by atoms with Crippen LogP contribution in [0.3, 0.4) is 0 Å². The molecule has 0 bridgehead atoms. The first-order chi connectivity index (χ1) is 12.9. The predicted octanol–water partition coefficient (Wildman–Crippen LogP) is 3.28. The van der Waals surface area contributed by atoms with Gasteiger partial charge in [-0.2, -0.15) is 5.10 Å². The Kier molecular flexibility index (Phi) is 5.11. The Morgan fingerprint density at radius 1 is 1.37 bits per heavy atom. The molecule has 9 heteroatoms. The van der Waals surface area contributed by atoms with E-state index in [0.717, 1.165) is 0 Å². The van der Waals surface area contributed by atoms with Gasteiger partial charge in [0.2, 0.25) is 5.95 Å². The highest BCUT2D eigenvalue weighted by atomic mass is 19.1.